The Bertz CT molecular complexity index is 906. The van der Waals surface area contributed by atoms with Crippen LogP contribution >= 0.6 is 0 Å². The Hall–Kier alpha value is -3.23. The first kappa shape index (κ1) is 16.6. The third-order valence-corrected chi connectivity index (χ3v) is 3.55. The SMILES string of the molecule is Cc1ccc(NC(=O)c2ccccc2-n2cnnn2)cc1C(F)(F)F. The number of halogens is 3. The van der Waals surface area contributed by atoms with Crippen LogP contribution in [-0.2, 0) is 6.18 Å². The van der Waals surface area contributed by atoms with Crippen LogP contribution in [0.25, 0.3) is 5.69 Å². The highest BCUT2D eigenvalue weighted by atomic mass is 19.4. The van der Waals surface area contributed by atoms with Gasteiger partial charge in [-0.3, -0.25) is 4.79 Å². The summed E-state index contributed by atoms with van der Waals surface area (Å²) < 4.78 is 40.3. The summed E-state index contributed by atoms with van der Waals surface area (Å²) in [5, 5.41) is 13.2. The first-order valence-electron chi connectivity index (χ1n) is 7.18. The Balaban J connectivity index is 1.92. The third kappa shape index (κ3) is 3.49. The largest absolute Gasteiger partial charge is 0.416 e. The van der Waals surface area contributed by atoms with E-state index < -0.39 is 17.6 Å². The zero-order valence-electron chi connectivity index (χ0n) is 12.9. The first-order valence-corrected chi connectivity index (χ1v) is 7.18. The highest BCUT2D eigenvalue weighted by Crippen LogP contribution is 2.33. The van der Waals surface area contributed by atoms with Gasteiger partial charge < -0.3 is 5.32 Å². The van der Waals surface area contributed by atoms with E-state index in [9.17, 15) is 18.0 Å². The summed E-state index contributed by atoms with van der Waals surface area (Å²) in [6.07, 6.45) is -3.17. The molecule has 1 amide bonds. The van der Waals surface area contributed by atoms with Crippen molar-refractivity contribution in [2.45, 2.75) is 13.1 Å². The fourth-order valence-electron chi connectivity index (χ4n) is 2.34. The number of anilines is 1. The summed E-state index contributed by atoms with van der Waals surface area (Å²) in [7, 11) is 0. The van der Waals surface area contributed by atoms with Crippen molar-refractivity contribution in [3.63, 3.8) is 0 Å². The molecule has 0 atom stereocenters. The Morgan fingerprint density at radius 2 is 1.92 bits per heavy atom. The topological polar surface area (TPSA) is 72.7 Å². The smallest absolute Gasteiger partial charge is 0.322 e. The number of tetrazole rings is 1. The molecule has 0 radical (unpaired) electrons. The highest BCUT2D eigenvalue weighted by molar-refractivity contribution is 6.06. The molecular weight excluding hydrogens is 335 g/mol. The lowest BCUT2D eigenvalue weighted by Gasteiger charge is -2.13. The second-order valence-corrected chi connectivity index (χ2v) is 5.25. The Labute approximate surface area is 140 Å². The molecule has 0 aliphatic carbocycles. The Kier molecular flexibility index (Phi) is 4.22. The Morgan fingerprint density at radius 1 is 1.16 bits per heavy atom. The van der Waals surface area contributed by atoms with E-state index in [-0.39, 0.29) is 16.8 Å². The summed E-state index contributed by atoms with van der Waals surface area (Å²) in [6.45, 7) is 1.36. The van der Waals surface area contributed by atoms with Crippen LogP contribution in [0.2, 0.25) is 0 Å². The zero-order valence-corrected chi connectivity index (χ0v) is 12.9. The normalized spacial score (nSPS) is 11.4. The molecule has 1 aromatic heterocycles. The summed E-state index contributed by atoms with van der Waals surface area (Å²) in [6, 6.07) is 10.1. The molecule has 9 heteroatoms. The van der Waals surface area contributed by atoms with Crippen LogP contribution < -0.4 is 5.32 Å². The number of hydrogen-bond acceptors (Lipinski definition) is 4. The molecule has 6 nitrogen and oxygen atoms in total. The number of benzene rings is 2. The molecule has 0 aliphatic heterocycles. The number of rotatable bonds is 3. The second kappa shape index (κ2) is 6.34. The summed E-state index contributed by atoms with van der Waals surface area (Å²) in [4.78, 5) is 12.5. The van der Waals surface area contributed by atoms with E-state index in [1.807, 2.05) is 0 Å². The molecule has 0 saturated heterocycles. The van der Waals surface area contributed by atoms with Gasteiger partial charge in [0.25, 0.3) is 5.91 Å². The Morgan fingerprint density at radius 3 is 2.60 bits per heavy atom. The molecule has 0 spiro atoms. The lowest BCUT2D eigenvalue weighted by molar-refractivity contribution is -0.138. The van der Waals surface area contributed by atoms with Gasteiger partial charge in [0.15, 0.2) is 0 Å². The average molecular weight is 347 g/mol. The van der Waals surface area contributed by atoms with Gasteiger partial charge in [-0.15, -0.1) is 5.10 Å². The van der Waals surface area contributed by atoms with E-state index in [1.165, 1.54) is 36.1 Å². The molecule has 0 unspecified atom stereocenters. The molecule has 3 rings (SSSR count). The summed E-state index contributed by atoms with van der Waals surface area (Å²) >= 11 is 0. The van der Waals surface area contributed by atoms with Crippen LogP contribution in [0.4, 0.5) is 18.9 Å². The highest BCUT2D eigenvalue weighted by Gasteiger charge is 2.32. The molecule has 1 heterocycles. The van der Waals surface area contributed by atoms with Crippen molar-refractivity contribution in [2.24, 2.45) is 0 Å². The quantitative estimate of drug-likeness (QED) is 0.789. The van der Waals surface area contributed by atoms with Gasteiger partial charge in [0.2, 0.25) is 0 Å². The van der Waals surface area contributed by atoms with Crippen LogP contribution in [0, 0.1) is 6.92 Å². The minimum Gasteiger partial charge on any atom is -0.322 e. The minimum absolute atomic E-state index is 0.0504. The zero-order chi connectivity index (χ0) is 18.0. The number of amides is 1. The van der Waals surface area contributed by atoms with Gasteiger partial charge in [-0.25, -0.2) is 0 Å². The number of aryl methyl sites for hydroxylation is 1. The van der Waals surface area contributed by atoms with Crippen molar-refractivity contribution in [1.82, 2.24) is 20.2 Å². The second-order valence-electron chi connectivity index (χ2n) is 5.25. The van der Waals surface area contributed by atoms with Crippen LogP contribution in [0.5, 0.6) is 0 Å². The summed E-state index contributed by atoms with van der Waals surface area (Å²) in [5.74, 6) is -0.567. The molecule has 2 aromatic carbocycles. The number of aromatic nitrogens is 4. The van der Waals surface area contributed by atoms with Crippen molar-refractivity contribution in [3.8, 4) is 5.69 Å². The van der Waals surface area contributed by atoms with Crippen LogP contribution in [0.15, 0.2) is 48.8 Å². The maximum Gasteiger partial charge on any atom is 0.416 e. The monoisotopic (exact) mass is 347 g/mol. The van der Waals surface area contributed by atoms with Gasteiger partial charge in [-0.1, -0.05) is 18.2 Å². The number of alkyl halides is 3. The van der Waals surface area contributed by atoms with E-state index in [1.54, 1.807) is 18.2 Å². The van der Waals surface area contributed by atoms with Crippen LogP contribution in [0.3, 0.4) is 0 Å². The van der Waals surface area contributed by atoms with E-state index in [0.717, 1.165) is 6.07 Å². The molecule has 0 bridgehead atoms. The first-order chi connectivity index (χ1) is 11.9. The number of para-hydroxylation sites is 1. The number of carbonyl (C=O) groups excluding carboxylic acids is 1. The molecule has 128 valence electrons. The van der Waals surface area contributed by atoms with Gasteiger partial charge in [0.05, 0.1) is 16.8 Å². The van der Waals surface area contributed by atoms with E-state index in [2.05, 4.69) is 20.8 Å². The lowest BCUT2D eigenvalue weighted by Crippen LogP contribution is -2.16. The predicted octanol–water partition coefficient (Wildman–Crippen LogP) is 3.24. The number of carbonyl (C=O) groups is 1. The minimum atomic E-state index is -4.49. The number of nitrogens with one attached hydrogen (secondary N) is 1. The van der Waals surface area contributed by atoms with Crippen molar-refractivity contribution in [2.75, 3.05) is 5.32 Å². The maximum atomic E-state index is 13.0. The van der Waals surface area contributed by atoms with E-state index >= 15 is 0 Å². The molecule has 25 heavy (non-hydrogen) atoms. The van der Waals surface area contributed by atoms with E-state index in [0.29, 0.717) is 5.69 Å². The van der Waals surface area contributed by atoms with Gasteiger partial charge in [0.1, 0.15) is 6.33 Å². The van der Waals surface area contributed by atoms with E-state index in [4.69, 9.17) is 0 Å². The lowest BCUT2D eigenvalue weighted by atomic mass is 10.1. The third-order valence-electron chi connectivity index (χ3n) is 3.55. The molecule has 1 N–H and O–H groups in total. The fraction of sp³-hybridized carbons (Fsp3) is 0.125. The van der Waals surface area contributed by atoms with Crippen molar-refractivity contribution in [1.29, 1.82) is 0 Å². The molecule has 0 saturated carbocycles. The molecule has 3 aromatic rings. The van der Waals surface area contributed by atoms with Crippen LogP contribution in [0.1, 0.15) is 21.5 Å². The number of nitrogens with zero attached hydrogens (tertiary/aromatic N) is 4. The molecule has 0 aliphatic rings. The fourth-order valence-corrected chi connectivity index (χ4v) is 2.34. The standard InChI is InChI=1S/C16H12F3N5O/c1-10-6-7-11(8-13(10)16(17,18)19)21-15(25)12-4-2-3-5-14(12)24-9-20-22-23-24/h2-9H,1H3,(H,21,25). The molecule has 0 fully saturated rings. The number of hydrogen-bond donors (Lipinski definition) is 1. The van der Waals surface area contributed by atoms with Crippen molar-refractivity contribution in [3.05, 3.63) is 65.5 Å². The van der Waals surface area contributed by atoms with Crippen molar-refractivity contribution < 1.29 is 18.0 Å². The average Bonchev–Trinajstić information content (AvgIpc) is 3.10. The van der Waals surface area contributed by atoms with Gasteiger partial charge in [-0.2, -0.15) is 17.9 Å². The molecular formula is C16H12F3N5O. The predicted molar refractivity (Wildman–Crippen MR) is 83.3 cm³/mol. The van der Waals surface area contributed by atoms with Crippen LogP contribution in [-0.4, -0.2) is 26.1 Å². The van der Waals surface area contributed by atoms with Gasteiger partial charge in [0, 0.05) is 5.69 Å². The maximum absolute atomic E-state index is 13.0. The van der Waals surface area contributed by atoms with Crippen molar-refractivity contribution >= 4 is 11.6 Å². The van der Waals surface area contributed by atoms with Gasteiger partial charge >= 0.3 is 6.18 Å². The summed E-state index contributed by atoms with van der Waals surface area (Å²) in [5.41, 5.74) is -0.0230. The van der Waals surface area contributed by atoms with Gasteiger partial charge in [-0.05, 0) is 47.2 Å².